The third-order valence-corrected chi connectivity index (χ3v) is 4.35. The average Bonchev–Trinajstić information content (AvgIpc) is 2.69. The van der Waals surface area contributed by atoms with Gasteiger partial charge >= 0.3 is 0 Å². The lowest BCUT2D eigenvalue weighted by Crippen LogP contribution is -2.16. The van der Waals surface area contributed by atoms with Crippen LogP contribution in [-0.2, 0) is 4.79 Å². The standard InChI is InChI=1S/C10H9BrN2O2S/c1-15-5-2-3-6-7(4-5)16-10(13-6)8(11)9(12)14/h2-4,8H,1H3,(H2,12,14). The Morgan fingerprint density at radius 2 is 2.38 bits per heavy atom. The smallest absolute Gasteiger partial charge is 0.238 e. The van der Waals surface area contributed by atoms with Crippen LogP contribution in [0.2, 0.25) is 0 Å². The summed E-state index contributed by atoms with van der Waals surface area (Å²) in [6.45, 7) is 0. The van der Waals surface area contributed by atoms with Gasteiger partial charge in [-0.05, 0) is 18.2 Å². The maximum absolute atomic E-state index is 11.0. The molecule has 6 heteroatoms. The number of alkyl halides is 1. The number of aromatic nitrogens is 1. The molecule has 1 amide bonds. The molecule has 16 heavy (non-hydrogen) atoms. The van der Waals surface area contributed by atoms with Crippen molar-refractivity contribution in [3.05, 3.63) is 23.2 Å². The summed E-state index contributed by atoms with van der Waals surface area (Å²) in [6, 6.07) is 5.57. The number of rotatable bonds is 3. The minimum atomic E-state index is -0.532. The largest absolute Gasteiger partial charge is 0.497 e. The van der Waals surface area contributed by atoms with Crippen LogP contribution in [0.25, 0.3) is 10.2 Å². The first-order valence-electron chi connectivity index (χ1n) is 4.49. The van der Waals surface area contributed by atoms with Crippen LogP contribution in [0.15, 0.2) is 18.2 Å². The summed E-state index contributed by atoms with van der Waals surface area (Å²) in [4.78, 5) is 14.8. The predicted molar refractivity (Wildman–Crippen MR) is 67.0 cm³/mol. The van der Waals surface area contributed by atoms with Crippen LogP contribution in [0.1, 0.15) is 9.83 Å². The molecule has 0 aliphatic rings. The van der Waals surface area contributed by atoms with E-state index in [1.54, 1.807) is 7.11 Å². The lowest BCUT2D eigenvalue weighted by Gasteiger charge is -1.97. The van der Waals surface area contributed by atoms with Crippen molar-refractivity contribution in [3.63, 3.8) is 0 Å². The second kappa shape index (κ2) is 4.39. The number of methoxy groups -OCH3 is 1. The van der Waals surface area contributed by atoms with Crippen LogP contribution >= 0.6 is 27.3 Å². The molecule has 1 aromatic carbocycles. The van der Waals surface area contributed by atoms with E-state index in [1.165, 1.54) is 11.3 Å². The van der Waals surface area contributed by atoms with Crippen molar-refractivity contribution in [2.75, 3.05) is 7.11 Å². The van der Waals surface area contributed by atoms with Gasteiger partial charge in [0.15, 0.2) is 0 Å². The van der Waals surface area contributed by atoms with Gasteiger partial charge in [-0.15, -0.1) is 11.3 Å². The normalized spacial score (nSPS) is 12.6. The van der Waals surface area contributed by atoms with E-state index in [2.05, 4.69) is 20.9 Å². The highest BCUT2D eigenvalue weighted by molar-refractivity contribution is 9.09. The van der Waals surface area contributed by atoms with E-state index >= 15 is 0 Å². The summed E-state index contributed by atoms with van der Waals surface area (Å²) in [6.07, 6.45) is 0. The minimum Gasteiger partial charge on any atom is -0.497 e. The number of halogens is 1. The second-order valence-electron chi connectivity index (χ2n) is 3.15. The highest BCUT2D eigenvalue weighted by Gasteiger charge is 2.18. The van der Waals surface area contributed by atoms with Crippen LogP contribution in [0.5, 0.6) is 5.75 Å². The van der Waals surface area contributed by atoms with Crippen molar-refractivity contribution < 1.29 is 9.53 Å². The van der Waals surface area contributed by atoms with Gasteiger partial charge in [0.25, 0.3) is 0 Å². The van der Waals surface area contributed by atoms with Crippen molar-refractivity contribution in [3.8, 4) is 5.75 Å². The summed E-state index contributed by atoms with van der Waals surface area (Å²) in [5.74, 6) is 0.332. The zero-order chi connectivity index (χ0) is 11.7. The predicted octanol–water partition coefficient (Wildman–Crippen LogP) is 2.23. The number of fused-ring (bicyclic) bond motifs is 1. The fourth-order valence-corrected chi connectivity index (χ4v) is 2.64. The molecule has 0 radical (unpaired) electrons. The zero-order valence-corrected chi connectivity index (χ0v) is 10.8. The molecule has 1 atom stereocenters. The zero-order valence-electron chi connectivity index (χ0n) is 8.44. The molecule has 4 nitrogen and oxygen atoms in total. The fourth-order valence-electron chi connectivity index (χ4n) is 1.28. The average molecular weight is 301 g/mol. The molecular weight excluding hydrogens is 292 g/mol. The van der Waals surface area contributed by atoms with Gasteiger partial charge in [-0.1, -0.05) is 15.9 Å². The third kappa shape index (κ3) is 2.03. The first-order chi connectivity index (χ1) is 7.61. The van der Waals surface area contributed by atoms with Crippen molar-refractivity contribution in [1.82, 2.24) is 4.98 Å². The van der Waals surface area contributed by atoms with Gasteiger partial charge in [0, 0.05) is 0 Å². The first kappa shape index (κ1) is 11.3. The number of carbonyl (C=O) groups excluding carboxylic acids is 1. The number of nitrogens with two attached hydrogens (primary N) is 1. The summed E-state index contributed by atoms with van der Waals surface area (Å²) < 4.78 is 6.09. The fraction of sp³-hybridized carbons (Fsp3) is 0.200. The molecule has 0 saturated carbocycles. The quantitative estimate of drug-likeness (QED) is 0.884. The number of nitrogens with zero attached hydrogens (tertiary/aromatic N) is 1. The van der Waals surface area contributed by atoms with Crippen LogP contribution in [0, 0.1) is 0 Å². The second-order valence-corrected chi connectivity index (χ2v) is 5.13. The Kier molecular flexibility index (Phi) is 3.11. The molecule has 0 spiro atoms. The number of ether oxygens (including phenoxy) is 1. The van der Waals surface area contributed by atoms with Crippen molar-refractivity contribution in [1.29, 1.82) is 0 Å². The Morgan fingerprint density at radius 3 is 3.00 bits per heavy atom. The van der Waals surface area contributed by atoms with Crippen LogP contribution in [-0.4, -0.2) is 18.0 Å². The maximum Gasteiger partial charge on any atom is 0.238 e. The minimum absolute atomic E-state index is 0.439. The Bertz CT molecular complexity index is 541. The van der Waals surface area contributed by atoms with Gasteiger partial charge in [-0.3, -0.25) is 4.79 Å². The molecule has 1 heterocycles. The number of primary amides is 1. The van der Waals surface area contributed by atoms with Crippen LogP contribution in [0.4, 0.5) is 0 Å². The molecule has 2 N–H and O–H groups in total. The maximum atomic E-state index is 11.0. The number of thiazole rings is 1. The molecule has 0 fully saturated rings. The van der Waals surface area contributed by atoms with Gasteiger partial charge in [0.1, 0.15) is 15.6 Å². The molecule has 0 aliphatic carbocycles. The van der Waals surface area contributed by atoms with E-state index in [0.29, 0.717) is 5.01 Å². The number of benzene rings is 1. The molecule has 1 unspecified atom stereocenters. The number of amides is 1. The summed E-state index contributed by atoms with van der Waals surface area (Å²) >= 11 is 4.63. The van der Waals surface area contributed by atoms with E-state index in [-0.39, 0.29) is 0 Å². The van der Waals surface area contributed by atoms with Gasteiger partial charge in [-0.25, -0.2) is 4.98 Å². The van der Waals surface area contributed by atoms with Crippen molar-refractivity contribution in [2.24, 2.45) is 5.73 Å². The van der Waals surface area contributed by atoms with E-state index in [0.717, 1.165) is 16.0 Å². The molecule has 1 aromatic heterocycles. The number of hydrogen-bond acceptors (Lipinski definition) is 4. The Hall–Kier alpha value is -1.14. The van der Waals surface area contributed by atoms with Crippen LogP contribution < -0.4 is 10.5 Å². The first-order valence-corrected chi connectivity index (χ1v) is 6.23. The van der Waals surface area contributed by atoms with E-state index in [9.17, 15) is 4.79 Å². The molecule has 2 aromatic rings. The van der Waals surface area contributed by atoms with Crippen molar-refractivity contribution in [2.45, 2.75) is 4.83 Å². The van der Waals surface area contributed by atoms with Gasteiger partial charge in [0.05, 0.1) is 17.3 Å². The Labute approximate surface area is 105 Å². The molecular formula is C10H9BrN2O2S. The van der Waals surface area contributed by atoms with Crippen molar-refractivity contribution >= 4 is 43.4 Å². The van der Waals surface area contributed by atoms with Gasteiger partial charge in [0.2, 0.25) is 5.91 Å². The topological polar surface area (TPSA) is 65.2 Å². The van der Waals surface area contributed by atoms with E-state index in [1.807, 2.05) is 18.2 Å². The molecule has 2 rings (SSSR count). The van der Waals surface area contributed by atoms with Gasteiger partial charge < -0.3 is 10.5 Å². The SMILES string of the molecule is COc1ccc2nc(C(Br)C(N)=O)sc2c1. The Morgan fingerprint density at radius 1 is 1.62 bits per heavy atom. The summed E-state index contributed by atoms with van der Waals surface area (Å²) in [5.41, 5.74) is 6.04. The summed E-state index contributed by atoms with van der Waals surface area (Å²) in [7, 11) is 1.61. The number of hydrogen-bond donors (Lipinski definition) is 1. The molecule has 84 valence electrons. The molecule has 0 aliphatic heterocycles. The number of carbonyl (C=O) groups is 1. The Balaban J connectivity index is 2.47. The highest BCUT2D eigenvalue weighted by atomic mass is 79.9. The highest BCUT2D eigenvalue weighted by Crippen LogP contribution is 2.32. The lowest BCUT2D eigenvalue weighted by molar-refractivity contribution is -0.117. The molecule has 0 saturated heterocycles. The molecule has 0 bridgehead atoms. The van der Waals surface area contributed by atoms with Crippen LogP contribution in [0.3, 0.4) is 0 Å². The van der Waals surface area contributed by atoms with Gasteiger partial charge in [-0.2, -0.15) is 0 Å². The van der Waals surface area contributed by atoms with E-state index < -0.39 is 10.7 Å². The third-order valence-electron chi connectivity index (χ3n) is 2.08. The summed E-state index contributed by atoms with van der Waals surface area (Å²) in [5, 5.41) is 0.663. The van der Waals surface area contributed by atoms with E-state index in [4.69, 9.17) is 10.5 Å². The monoisotopic (exact) mass is 300 g/mol. The lowest BCUT2D eigenvalue weighted by atomic mass is 10.3.